The minimum Gasteiger partial charge on any atom is -0.353 e. The highest BCUT2D eigenvalue weighted by atomic mass is 35.5. The maximum atomic E-state index is 12.5. The van der Waals surface area contributed by atoms with Gasteiger partial charge in [0.05, 0.1) is 11.0 Å². The summed E-state index contributed by atoms with van der Waals surface area (Å²) >= 11 is 7.69. The summed E-state index contributed by atoms with van der Waals surface area (Å²) in [6.45, 7) is 3.13. The molecule has 2 aromatic carbocycles. The summed E-state index contributed by atoms with van der Waals surface area (Å²) in [5.74, 6) is 0.560. The number of piperidine rings is 1. The third kappa shape index (κ3) is 6.72. The highest BCUT2D eigenvalue weighted by Gasteiger charge is 2.21. The quantitative estimate of drug-likeness (QED) is 0.696. The number of carbonyl (C=O) groups is 1. The Hall–Kier alpha value is -1.20. The molecular weight excluding hydrogens is 399 g/mol. The van der Waals surface area contributed by atoms with Crippen LogP contribution in [0.1, 0.15) is 36.1 Å². The molecule has 27 heavy (non-hydrogen) atoms. The molecule has 3 unspecified atom stereocenters. The normalized spacial score (nSPS) is 20.4. The third-order valence-electron chi connectivity index (χ3n) is 4.64. The van der Waals surface area contributed by atoms with Crippen LogP contribution in [0.4, 0.5) is 0 Å². The Morgan fingerprint density at radius 3 is 2.52 bits per heavy atom. The fourth-order valence-electron chi connectivity index (χ4n) is 3.34. The molecule has 0 bridgehead atoms. The van der Waals surface area contributed by atoms with Crippen LogP contribution in [-0.4, -0.2) is 30.3 Å². The molecule has 0 spiro atoms. The monoisotopic (exact) mass is 424 g/mol. The van der Waals surface area contributed by atoms with E-state index in [0.717, 1.165) is 30.0 Å². The molecule has 1 saturated heterocycles. The Bertz CT molecular complexity index is 712. The van der Waals surface area contributed by atoms with Gasteiger partial charge in [-0.25, -0.2) is 0 Å². The fourth-order valence-corrected chi connectivity index (χ4v) is 4.57. The standard InChI is InChI=1S/C21H25ClN2OS.ClH/c1-15-13-19(11-12-23-15)24-20(25)14-26-21(16-5-3-2-4-6-16)17-7-9-18(22)10-8-17;/h2-10,15,19,21,23H,11-14H2,1H3,(H,24,25);1H. The second-order valence-corrected chi connectivity index (χ2v) is 8.33. The van der Waals surface area contributed by atoms with Crippen LogP contribution in [0.3, 0.4) is 0 Å². The summed E-state index contributed by atoms with van der Waals surface area (Å²) in [7, 11) is 0. The number of benzene rings is 2. The molecule has 0 aromatic heterocycles. The van der Waals surface area contributed by atoms with Crippen molar-refractivity contribution in [2.24, 2.45) is 0 Å². The van der Waals surface area contributed by atoms with Gasteiger partial charge in [-0.3, -0.25) is 4.79 Å². The summed E-state index contributed by atoms with van der Waals surface area (Å²) in [5.41, 5.74) is 2.36. The van der Waals surface area contributed by atoms with Gasteiger partial charge in [-0.05, 0) is 49.6 Å². The molecule has 0 radical (unpaired) electrons. The van der Waals surface area contributed by atoms with Crippen molar-refractivity contribution in [2.75, 3.05) is 12.3 Å². The summed E-state index contributed by atoms with van der Waals surface area (Å²) in [5, 5.41) is 7.45. The first-order valence-electron chi connectivity index (χ1n) is 9.06. The van der Waals surface area contributed by atoms with Gasteiger partial charge in [0, 0.05) is 17.1 Å². The van der Waals surface area contributed by atoms with Crippen LogP contribution in [0.25, 0.3) is 0 Å². The summed E-state index contributed by atoms with van der Waals surface area (Å²) in [6, 6.07) is 18.9. The lowest BCUT2D eigenvalue weighted by atomic mass is 10.0. The smallest absolute Gasteiger partial charge is 0.230 e. The number of hydrogen-bond acceptors (Lipinski definition) is 3. The molecule has 3 rings (SSSR count). The molecule has 0 saturated carbocycles. The molecule has 0 aliphatic carbocycles. The van der Waals surface area contributed by atoms with E-state index in [0.29, 0.717) is 11.8 Å². The Balaban J connectivity index is 0.00000261. The van der Waals surface area contributed by atoms with Gasteiger partial charge >= 0.3 is 0 Å². The number of amides is 1. The Labute approximate surface area is 177 Å². The predicted octanol–water partition coefficient (Wildman–Crippen LogP) is 4.84. The molecule has 1 aliphatic rings. The lowest BCUT2D eigenvalue weighted by Crippen LogP contribution is -2.47. The molecule has 1 aliphatic heterocycles. The first-order chi connectivity index (χ1) is 12.6. The topological polar surface area (TPSA) is 41.1 Å². The summed E-state index contributed by atoms with van der Waals surface area (Å²) < 4.78 is 0. The van der Waals surface area contributed by atoms with Crippen LogP contribution in [0.15, 0.2) is 54.6 Å². The van der Waals surface area contributed by atoms with Crippen LogP contribution >= 0.6 is 35.8 Å². The van der Waals surface area contributed by atoms with Crippen molar-refractivity contribution >= 4 is 41.7 Å². The van der Waals surface area contributed by atoms with Gasteiger partial charge in [0.1, 0.15) is 0 Å². The van der Waals surface area contributed by atoms with Gasteiger partial charge in [-0.15, -0.1) is 24.2 Å². The molecule has 2 N–H and O–H groups in total. The summed E-state index contributed by atoms with van der Waals surface area (Å²) in [6.07, 6.45) is 2.00. The van der Waals surface area contributed by atoms with Gasteiger partial charge in [-0.2, -0.15) is 0 Å². The molecule has 1 heterocycles. The average Bonchev–Trinajstić information content (AvgIpc) is 2.64. The largest absolute Gasteiger partial charge is 0.353 e. The second-order valence-electron chi connectivity index (χ2n) is 6.80. The van der Waals surface area contributed by atoms with Crippen molar-refractivity contribution in [2.45, 2.75) is 37.1 Å². The van der Waals surface area contributed by atoms with Crippen LogP contribution in [0.2, 0.25) is 5.02 Å². The lowest BCUT2D eigenvalue weighted by Gasteiger charge is -2.28. The Morgan fingerprint density at radius 1 is 1.19 bits per heavy atom. The van der Waals surface area contributed by atoms with Crippen molar-refractivity contribution in [1.29, 1.82) is 0 Å². The highest BCUT2D eigenvalue weighted by Crippen LogP contribution is 2.35. The van der Waals surface area contributed by atoms with Crippen LogP contribution in [0.5, 0.6) is 0 Å². The van der Waals surface area contributed by atoms with E-state index in [9.17, 15) is 4.79 Å². The number of carbonyl (C=O) groups excluding carboxylic acids is 1. The molecule has 1 fully saturated rings. The van der Waals surface area contributed by atoms with Crippen molar-refractivity contribution in [1.82, 2.24) is 10.6 Å². The fraction of sp³-hybridized carbons (Fsp3) is 0.381. The zero-order valence-electron chi connectivity index (χ0n) is 15.4. The van der Waals surface area contributed by atoms with E-state index in [2.05, 4.69) is 29.7 Å². The molecular formula is C21H26Cl2N2OS. The van der Waals surface area contributed by atoms with Crippen LogP contribution < -0.4 is 10.6 Å². The SMILES string of the molecule is CC1CC(NC(=O)CSC(c2ccccc2)c2ccc(Cl)cc2)CCN1.Cl. The third-order valence-corrected chi connectivity index (χ3v) is 6.20. The van der Waals surface area contributed by atoms with E-state index >= 15 is 0 Å². The van der Waals surface area contributed by atoms with E-state index < -0.39 is 0 Å². The Morgan fingerprint density at radius 2 is 1.85 bits per heavy atom. The van der Waals surface area contributed by atoms with Crippen molar-refractivity contribution < 1.29 is 4.79 Å². The van der Waals surface area contributed by atoms with E-state index in [1.165, 1.54) is 5.56 Å². The minimum absolute atomic E-state index is 0. The molecule has 1 amide bonds. The van der Waals surface area contributed by atoms with Gasteiger partial charge in [0.2, 0.25) is 5.91 Å². The molecule has 6 heteroatoms. The van der Waals surface area contributed by atoms with E-state index in [4.69, 9.17) is 11.6 Å². The Kier molecular flexibility index (Phi) is 8.97. The number of halogens is 2. The van der Waals surface area contributed by atoms with Gasteiger partial charge in [0.25, 0.3) is 0 Å². The predicted molar refractivity (Wildman–Crippen MR) is 118 cm³/mol. The zero-order chi connectivity index (χ0) is 18.4. The minimum atomic E-state index is 0. The van der Waals surface area contributed by atoms with Crippen LogP contribution in [-0.2, 0) is 4.79 Å². The van der Waals surface area contributed by atoms with E-state index in [1.54, 1.807) is 11.8 Å². The lowest BCUT2D eigenvalue weighted by molar-refractivity contribution is -0.119. The first-order valence-corrected chi connectivity index (χ1v) is 10.5. The van der Waals surface area contributed by atoms with Crippen molar-refractivity contribution in [3.8, 4) is 0 Å². The molecule has 2 aromatic rings. The maximum absolute atomic E-state index is 12.5. The first kappa shape index (κ1) is 22.1. The maximum Gasteiger partial charge on any atom is 0.230 e. The second kappa shape index (κ2) is 11.0. The van der Waals surface area contributed by atoms with Gasteiger partial charge in [-0.1, -0.05) is 54.1 Å². The average molecular weight is 425 g/mol. The van der Waals surface area contributed by atoms with Crippen LogP contribution in [0, 0.1) is 0 Å². The number of hydrogen-bond donors (Lipinski definition) is 2. The van der Waals surface area contributed by atoms with E-state index in [1.807, 2.05) is 42.5 Å². The van der Waals surface area contributed by atoms with Gasteiger partial charge < -0.3 is 10.6 Å². The van der Waals surface area contributed by atoms with E-state index in [-0.39, 0.29) is 29.6 Å². The highest BCUT2D eigenvalue weighted by molar-refractivity contribution is 8.00. The zero-order valence-corrected chi connectivity index (χ0v) is 17.7. The van der Waals surface area contributed by atoms with Crippen molar-refractivity contribution in [3.05, 3.63) is 70.7 Å². The number of rotatable bonds is 6. The molecule has 3 nitrogen and oxygen atoms in total. The summed E-state index contributed by atoms with van der Waals surface area (Å²) in [4.78, 5) is 12.5. The number of nitrogens with one attached hydrogen (secondary N) is 2. The number of thioether (sulfide) groups is 1. The molecule has 146 valence electrons. The molecule has 3 atom stereocenters. The van der Waals surface area contributed by atoms with Gasteiger partial charge in [0.15, 0.2) is 0 Å². The van der Waals surface area contributed by atoms with Crippen molar-refractivity contribution in [3.63, 3.8) is 0 Å².